The molecule has 110 valence electrons. The number of halogens is 3. The largest absolute Gasteiger partial charge is 0.385 e. The van der Waals surface area contributed by atoms with E-state index in [9.17, 15) is 4.79 Å². The number of hydrogen-bond acceptors (Lipinski definition) is 2. The summed E-state index contributed by atoms with van der Waals surface area (Å²) >= 11 is 15.2. The van der Waals surface area contributed by atoms with Gasteiger partial charge < -0.3 is 10.6 Å². The maximum absolute atomic E-state index is 11.9. The Bertz CT molecular complexity index is 632. The van der Waals surface area contributed by atoms with Crippen LogP contribution in [0.15, 0.2) is 46.9 Å². The lowest BCUT2D eigenvalue weighted by atomic mass is 10.3. The van der Waals surface area contributed by atoms with E-state index < -0.39 is 0 Å². The van der Waals surface area contributed by atoms with E-state index in [1.54, 1.807) is 18.2 Å². The summed E-state index contributed by atoms with van der Waals surface area (Å²) in [7, 11) is 0. The van der Waals surface area contributed by atoms with Crippen molar-refractivity contribution < 1.29 is 4.79 Å². The van der Waals surface area contributed by atoms with Crippen LogP contribution in [0.3, 0.4) is 0 Å². The van der Waals surface area contributed by atoms with Crippen molar-refractivity contribution in [2.45, 2.75) is 6.42 Å². The van der Waals surface area contributed by atoms with Crippen LogP contribution in [0.1, 0.15) is 6.42 Å². The summed E-state index contributed by atoms with van der Waals surface area (Å²) in [5, 5.41) is 6.91. The first-order valence-electron chi connectivity index (χ1n) is 6.29. The molecule has 0 fully saturated rings. The standard InChI is InChI=1S/C15H13BrCl2N2O/c16-10-1-4-12(5-2-10)19-8-7-15(21)20-14-9-11(17)3-6-13(14)18/h1-6,9,19H,7-8H2,(H,20,21). The molecule has 0 bridgehead atoms. The lowest BCUT2D eigenvalue weighted by molar-refractivity contribution is -0.115. The summed E-state index contributed by atoms with van der Waals surface area (Å²) in [6.45, 7) is 0.533. The molecule has 0 saturated heterocycles. The van der Waals surface area contributed by atoms with Gasteiger partial charge in [0, 0.05) is 28.1 Å². The number of rotatable bonds is 5. The van der Waals surface area contributed by atoms with Crippen LogP contribution in [0.25, 0.3) is 0 Å². The lowest BCUT2D eigenvalue weighted by Gasteiger charge is -2.09. The molecule has 2 aromatic rings. The molecule has 0 aliphatic heterocycles. The summed E-state index contributed by atoms with van der Waals surface area (Å²) in [6, 6.07) is 12.7. The monoisotopic (exact) mass is 386 g/mol. The van der Waals surface area contributed by atoms with Gasteiger partial charge in [-0.2, -0.15) is 0 Å². The van der Waals surface area contributed by atoms with Gasteiger partial charge in [-0.05, 0) is 42.5 Å². The molecule has 6 heteroatoms. The second-order valence-corrected chi connectivity index (χ2v) is 6.12. The predicted molar refractivity (Wildman–Crippen MR) is 92.3 cm³/mol. The average molecular weight is 388 g/mol. The molecule has 0 saturated carbocycles. The zero-order valence-electron chi connectivity index (χ0n) is 11.0. The van der Waals surface area contributed by atoms with Gasteiger partial charge in [-0.25, -0.2) is 0 Å². The Balaban J connectivity index is 1.82. The maximum Gasteiger partial charge on any atom is 0.226 e. The highest BCUT2D eigenvalue weighted by Gasteiger charge is 2.06. The van der Waals surface area contributed by atoms with Crippen molar-refractivity contribution in [2.24, 2.45) is 0 Å². The lowest BCUT2D eigenvalue weighted by Crippen LogP contribution is -2.16. The molecule has 0 aliphatic rings. The van der Waals surface area contributed by atoms with E-state index >= 15 is 0 Å². The van der Waals surface area contributed by atoms with E-state index in [1.807, 2.05) is 24.3 Å². The molecule has 0 atom stereocenters. The van der Waals surface area contributed by atoms with Crippen LogP contribution < -0.4 is 10.6 Å². The number of carbonyl (C=O) groups is 1. The highest BCUT2D eigenvalue weighted by atomic mass is 79.9. The molecule has 0 heterocycles. The molecule has 3 nitrogen and oxygen atoms in total. The number of anilines is 2. The van der Waals surface area contributed by atoms with Gasteiger partial charge in [0.05, 0.1) is 10.7 Å². The maximum atomic E-state index is 11.9. The molecule has 1 amide bonds. The zero-order valence-corrected chi connectivity index (χ0v) is 14.1. The molecule has 0 aliphatic carbocycles. The van der Waals surface area contributed by atoms with Gasteiger partial charge in [-0.1, -0.05) is 39.1 Å². The summed E-state index contributed by atoms with van der Waals surface area (Å²) in [4.78, 5) is 11.9. The second kappa shape index (κ2) is 7.69. The first-order chi connectivity index (χ1) is 10.0. The van der Waals surface area contributed by atoms with Crippen LogP contribution in [0.5, 0.6) is 0 Å². The van der Waals surface area contributed by atoms with Gasteiger partial charge in [-0.15, -0.1) is 0 Å². The summed E-state index contributed by atoms with van der Waals surface area (Å²) in [6.07, 6.45) is 0.332. The fourth-order valence-corrected chi connectivity index (χ4v) is 2.30. The van der Waals surface area contributed by atoms with Crippen LogP contribution in [-0.4, -0.2) is 12.5 Å². The van der Waals surface area contributed by atoms with Crippen LogP contribution in [0.2, 0.25) is 10.0 Å². The van der Waals surface area contributed by atoms with Crippen molar-refractivity contribution in [3.05, 3.63) is 57.0 Å². The summed E-state index contributed by atoms with van der Waals surface area (Å²) in [5.41, 5.74) is 1.49. The Morgan fingerprint density at radius 2 is 1.81 bits per heavy atom. The smallest absolute Gasteiger partial charge is 0.226 e. The number of nitrogens with one attached hydrogen (secondary N) is 2. The Morgan fingerprint density at radius 1 is 1.10 bits per heavy atom. The van der Waals surface area contributed by atoms with E-state index in [-0.39, 0.29) is 5.91 Å². The van der Waals surface area contributed by atoms with E-state index in [1.165, 1.54) is 0 Å². The van der Waals surface area contributed by atoms with E-state index in [2.05, 4.69) is 26.6 Å². The molecule has 2 N–H and O–H groups in total. The zero-order chi connectivity index (χ0) is 15.2. The normalized spacial score (nSPS) is 10.2. The third-order valence-corrected chi connectivity index (χ3v) is 3.82. The first-order valence-corrected chi connectivity index (χ1v) is 7.84. The molecule has 21 heavy (non-hydrogen) atoms. The van der Waals surface area contributed by atoms with Crippen LogP contribution >= 0.6 is 39.1 Å². The molecule has 2 aromatic carbocycles. The van der Waals surface area contributed by atoms with Crippen molar-refractivity contribution in [3.63, 3.8) is 0 Å². The minimum Gasteiger partial charge on any atom is -0.385 e. The Morgan fingerprint density at radius 3 is 2.52 bits per heavy atom. The molecule has 0 unspecified atom stereocenters. The van der Waals surface area contributed by atoms with Crippen LogP contribution in [0, 0.1) is 0 Å². The number of benzene rings is 2. The molecule has 2 rings (SSSR count). The van der Waals surface area contributed by atoms with Gasteiger partial charge in [0.2, 0.25) is 5.91 Å². The fraction of sp³-hybridized carbons (Fsp3) is 0.133. The summed E-state index contributed by atoms with van der Waals surface area (Å²) < 4.78 is 1.02. The van der Waals surface area contributed by atoms with Crippen molar-refractivity contribution in [1.29, 1.82) is 0 Å². The topological polar surface area (TPSA) is 41.1 Å². The Kier molecular flexibility index (Phi) is 5.91. The first kappa shape index (κ1) is 16.1. The molecule has 0 radical (unpaired) electrons. The van der Waals surface area contributed by atoms with Crippen molar-refractivity contribution in [3.8, 4) is 0 Å². The highest BCUT2D eigenvalue weighted by Crippen LogP contribution is 2.25. The van der Waals surface area contributed by atoms with Gasteiger partial charge in [0.1, 0.15) is 0 Å². The molecular weight excluding hydrogens is 375 g/mol. The van der Waals surface area contributed by atoms with Gasteiger partial charge in [-0.3, -0.25) is 4.79 Å². The van der Waals surface area contributed by atoms with E-state index in [0.717, 1.165) is 10.2 Å². The quantitative estimate of drug-likeness (QED) is 0.740. The van der Waals surface area contributed by atoms with Crippen molar-refractivity contribution >= 4 is 56.4 Å². The summed E-state index contributed by atoms with van der Waals surface area (Å²) in [5.74, 6) is -0.122. The van der Waals surface area contributed by atoms with Crippen LogP contribution in [-0.2, 0) is 4.79 Å². The molecule has 0 spiro atoms. The second-order valence-electron chi connectivity index (χ2n) is 4.36. The van der Waals surface area contributed by atoms with Gasteiger partial charge in [0.15, 0.2) is 0 Å². The van der Waals surface area contributed by atoms with Crippen molar-refractivity contribution in [1.82, 2.24) is 0 Å². The van der Waals surface area contributed by atoms with E-state index in [0.29, 0.717) is 28.7 Å². The van der Waals surface area contributed by atoms with Gasteiger partial charge >= 0.3 is 0 Å². The average Bonchev–Trinajstić information content (AvgIpc) is 2.45. The third-order valence-electron chi connectivity index (χ3n) is 2.73. The molecular formula is C15H13BrCl2N2O. The number of hydrogen-bond donors (Lipinski definition) is 2. The minimum atomic E-state index is -0.122. The number of carbonyl (C=O) groups excluding carboxylic acids is 1. The van der Waals surface area contributed by atoms with Crippen LogP contribution in [0.4, 0.5) is 11.4 Å². The Hall–Kier alpha value is -1.23. The Labute approximate surface area is 141 Å². The molecule has 0 aromatic heterocycles. The predicted octanol–water partition coefficient (Wildman–Crippen LogP) is 5.20. The van der Waals surface area contributed by atoms with Gasteiger partial charge in [0.25, 0.3) is 0 Å². The minimum absolute atomic E-state index is 0.122. The number of amides is 1. The fourth-order valence-electron chi connectivity index (χ4n) is 1.69. The third kappa shape index (κ3) is 5.23. The van der Waals surface area contributed by atoms with E-state index in [4.69, 9.17) is 23.2 Å². The highest BCUT2D eigenvalue weighted by molar-refractivity contribution is 9.10. The van der Waals surface area contributed by atoms with Crippen molar-refractivity contribution in [2.75, 3.05) is 17.2 Å². The SMILES string of the molecule is O=C(CCNc1ccc(Br)cc1)Nc1cc(Cl)ccc1Cl.